The van der Waals surface area contributed by atoms with Gasteiger partial charge in [0.15, 0.2) is 0 Å². The van der Waals surface area contributed by atoms with Crippen molar-refractivity contribution in [2.75, 3.05) is 11.9 Å². The summed E-state index contributed by atoms with van der Waals surface area (Å²) in [7, 11) is 0. The lowest BCUT2D eigenvalue weighted by Crippen LogP contribution is -2.47. The minimum Gasteiger partial charge on any atom is -0.394 e. The van der Waals surface area contributed by atoms with Crippen molar-refractivity contribution in [3.05, 3.63) is 30.1 Å². The predicted octanol–water partition coefficient (Wildman–Crippen LogP) is 2.35. The summed E-state index contributed by atoms with van der Waals surface area (Å²) in [5, 5.41) is 14.2. The molecule has 3 N–H and O–H groups in total. The van der Waals surface area contributed by atoms with Crippen LogP contribution >= 0.6 is 0 Å². The fraction of sp³-hybridized carbons (Fsp3) is 0.462. The van der Waals surface area contributed by atoms with Gasteiger partial charge in [0.1, 0.15) is 5.82 Å². The molecule has 5 heteroatoms. The Hall–Kier alpha value is -1.62. The van der Waals surface area contributed by atoms with Gasteiger partial charge < -0.3 is 15.7 Å². The normalized spacial score (nSPS) is 12.9. The summed E-state index contributed by atoms with van der Waals surface area (Å²) in [4.78, 5) is 11.7. The summed E-state index contributed by atoms with van der Waals surface area (Å²) in [5.74, 6) is -0.496. The van der Waals surface area contributed by atoms with Crippen molar-refractivity contribution < 1.29 is 14.3 Å². The molecule has 0 saturated heterocycles. The molecular formula is C13H19FN2O2. The van der Waals surface area contributed by atoms with Crippen molar-refractivity contribution in [1.29, 1.82) is 0 Å². The van der Waals surface area contributed by atoms with E-state index in [0.29, 0.717) is 0 Å². The highest BCUT2D eigenvalue weighted by molar-refractivity contribution is 5.89. The van der Waals surface area contributed by atoms with Crippen LogP contribution in [0.3, 0.4) is 0 Å². The maximum atomic E-state index is 13.3. The first-order chi connectivity index (χ1) is 8.34. The first-order valence-corrected chi connectivity index (χ1v) is 5.77. The topological polar surface area (TPSA) is 61.4 Å². The van der Waals surface area contributed by atoms with Gasteiger partial charge in [0.25, 0.3) is 0 Å². The Labute approximate surface area is 106 Å². The standard InChI is InChI=1S/C13H19FN2O2/c1-13(2,3)11(8-17)16-12(18)15-10-7-5-4-6-9(10)14/h4-7,11,17H,8H2,1-3H3,(H2,15,16,18)/t11-/m1/s1. The molecular weight excluding hydrogens is 235 g/mol. The molecule has 0 unspecified atom stereocenters. The van der Waals surface area contributed by atoms with E-state index in [9.17, 15) is 14.3 Å². The number of benzene rings is 1. The molecule has 0 heterocycles. The monoisotopic (exact) mass is 254 g/mol. The lowest BCUT2D eigenvalue weighted by atomic mass is 9.87. The molecule has 0 aliphatic heterocycles. The van der Waals surface area contributed by atoms with Crippen LogP contribution in [0.4, 0.5) is 14.9 Å². The fourth-order valence-corrected chi connectivity index (χ4v) is 1.42. The van der Waals surface area contributed by atoms with Crippen LogP contribution in [0, 0.1) is 11.2 Å². The molecule has 0 fully saturated rings. The molecule has 0 spiro atoms. The zero-order valence-corrected chi connectivity index (χ0v) is 10.8. The second kappa shape index (κ2) is 5.82. The molecule has 0 saturated carbocycles. The number of carbonyl (C=O) groups excluding carboxylic acids is 1. The van der Waals surface area contributed by atoms with Crippen LogP contribution in [0.5, 0.6) is 0 Å². The van der Waals surface area contributed by atoms with Crippen LogP contribution in [-0.2, 0) is 0 Å². The molecule has 1 atom stereocenters. The van der Waals surface area contributed by atoms with Crippen molar-refractivity contribution >= 4 is 11.7 Å². The van der Waals surface area contributed by atoms with Gasteiger partial charge in [-0.1, -0.05) is 32.9 Å². The van der Waals surface area contributed by atoms with Crippen LogP contribution in [0.25, 0.3) is 0 Å². The van der Waals surface area contributed by atoms with Gasteiger partial charge in [-0.2, -0.15) is 0 Å². The third kappa shape index (κ3) is 4.00. The van der Waals surface area contributed by atoms with Crippen molar-refractivity contribution in [2.45, 2.75) is 26.8 Å². The number of para-hydroxylation sites is 1. The van der Waals surface area contributed by atoms with E-state index >= 15 is 0 Å². The highest BCUT2D eigenvalue weighted by Gasteiger charge is 2.25. The zero-order valence-electron chi connectivity index (χ0n) is 10.8. The molecule has 0 bridgehead atoms. The Morgan fingerprint density at radius 2 is 2.00 bits per heavy atom. The van der Waals surface area contributed by atoms with Gasteiger partial charge in [0, 0.05) is 0 Å². The van der Waals surface area contributed by atoms with Gasteiger partial charge in [-0.15, -0.1) is 0 Å². The minimum atomic E-state index is -0.533. The first-order valence-electron chi connectivity index (χ1n) is 5.77. The number of rotatable bonds is 3. The lowest BCUT2D eigenvalue weighted by molar-refractivity contribution is 0.162. The van der Waals surface area contributed by atoms with E-state index < -0.39 is 17.9 Å². The highest BCUT2D eigenvalue weighted by Crippen LogP contribution is 2.19. The van der Waals surface area contributed by atoms with E-state index in [1.165, 1.54) is 12.1 Å². The minimum absolute atomic E-state index is 0.112. The molecule has 4 nitrogen and oxygen atoms in total. The van der Waals surface area contributed by atoms with Gasteiger partial charge in [0.05, 0.1) is 18.3 Å². The largest absolute Gasteiger partial charge is 0.394 e. The van der Waals surface area contributed by atoms with Crippen LogP contribution in [0.15, 0.2) is 24.3 Å². The highest BCUT2D eigenvalue weighted by atomic mass is 19.1. The summed E-state index contributed by atoms with van der Waals surface area (Å²) >= 11 is 0. The smallest absolute Gasteiger partial charge is 0.319 e. The van der Waals surface area contributed by atoms with E-state index in [0.717, 1.165) is 0 Å². The average molecular weight is 254 g/mol. The fourth-order valence-electron chi connectivity index (χ4n) is 1.42. The van der Waals surface area contributed by atoms with Crippen molar-refractivity contribution in [2.24, 2.45) is 5.41 Å². The number of carbonyl (C=O) groups is 1. The molecule has 1 rings (SSSR count). The molecule has 0 aromatic heterocycles. The third-order valence-electron chi connectivity index (χ3n) is 2.66. The van der Waals surface area contributed by atoms with Crippen molar-refractivity contribution in [3.8, 4) is 0 Å². The number of amides is 2. The van der Waals surface area contributed by atoms with E-state index in [4.69, 9.17) is 0 Å². The Kier molecular flexibility index (Phi) is 4.67. The Bertz CT molecular complexity index is 416. The van der Waals surface area contributed by atoms with Gasteiger partial charge in [0.2, 0.25) is 0 Å². The van der Waals surface area contributed by atoms with Gasteiger partial charge in [-0.25, -0.2) is 9.18 Å². The Balaban J connectivity index is 2.65. The average Bonchev–Trinajstić information content (AvgIpc) is 2.27. The molecule has 100 valence electrons. The molecule has 1 aromatic rings. The number of urea groups is 1. The molecule has 0 aliphatic carbocycles. The number of aliphatic hydroxyl groups excluding tert-OH is 1. The quantitative estimate of drug-likeness (QED) is 0.775. The molecule has 2 amide bonds. The van der Waals surface area contributed by atoms with Crippen LogP contribution in [0.2, 0.25) is 0 Å². The SMILES string of the molecule is CC(C)(C)[C@@H](CO)NC(=O)Nc1ccccc1F. The zero-order chi connectivity index (χ0) is 13.8. The number of anilines is 1. The van der Waals surface area contributed by atoms with Gasteiger partial charge >= 0.3 is 6.03 Å². The van der Waals surface area contributed by atoms with E-state index in [1.807, 2.05) is 20.8 Å². The van der Waals surface area contributed by atoms with Crippen molar-refractivity contribution in [1.82, 2.24) is 5.32 Å². The van der Waals surface area contributed by atoms with E-state index in [1.54, 1.807) is 12.1 Å². The summed E-state index contributed by atoms with van der Waals surface area (Å²) in [6, 6.07) is 4.98. The van der Waals surface area contributed by atoms with Gasteiger partial charge in [-0.3, -0.25) is 0 Å². The summed E-state index contributed by atoms with van der Waals surface area (Å²) < 4.78 is 13.3. The summed E-state index contributed by atoms with van der Waals surface area (Å²) in [5.41, 5.74) is -0.165. The Morgan fingerprint density at radius 1 is 1.39 bits per heavy atom. The summed E-state index contributed by atoms with van der Waals surface area (Å²) in [6.07, 6.45) is 0. The molecule has 0 radical (unpaired) electrons. The van der Waals surface area contributed by atoms with E-state index in [2.05, 4.69) is 10.6 Å². The number of hydrogen-bond acceptors (Lipinski definition) is 2. The first kappa shape index (κ1) is 14.4. The molecule has 1 aromatic carbocycles. The van der Waals surface area contributed by atoms with Crippen LogP contribution in [-0.4, -0.2) is 23.8 Å². The Morgan fingerprint density at radius 3 is 2.50 bits per heavy atom. The third-order valence-corrected chi connectivity index (χ3v) is 2.66. The maximum absolute atomic E-state index is 13.3. The maximum Gasteiger partial charge on any atom is 0.319 e. The number of hydrogen-bond donors (Lipinski definition) is 3. The van der Waals surface area contributed by atoms with Crippen molar-refractivity contribution in [3.63, 3.8) is 0 Å². The lowest BCUT2D eigenvalue weighted by Gasteiger charge is -2.29. The molecule has 18 heavy (non-hydrogen) atoms. The predicted molar refractivity (Wildman–Crippen MR) is 68.9 cm³/mol. The van der Waals surface area contributed by atoms with Gasteiger partial charge in [-0.05, 0) is 17.5 Å². The summed E-state index contributed by atoms with van der Waals surface area (Å²) in [6.45, 7) is 5.53. The van der Waals surface area contributed by atoms with Crippen LogP contribution < -0.4 is 10.6 Å². The molecule has 0 aliphatic rings. The second-order valence-corrected chi connectivity index (χ2v) is 5.18. The number of nitrogens with one attached hydrogen (secondary N) is 2. The number of aliphatic hydroxyl groups is 1. The van der Waals surface area contributed by atoms with E-state index in [-0.39, 0.29) is 17.7 Å². The number of halogens is 1. The van der Waals surface area contributed by atoms with Crippen LogP contribution in [0.1, 0.15) is 20.8 Å². The second-order valence-electron chi connectivity index (χ2n) is 5.18.